The van der Waals surface area contributed by atoms with Gasteiger partial charge in [-0.15, -0.1) is 0 Å². The largest absolute Gasteiger partial charge is 0.387 e. The van der Waals surface area contributed by atoms with Crippen LogP contribution in [0.2, 0.25) is 0 Å². The first-order chi connectivity index (χ1) is 11.0. The molecule has 1 heterocycles. The van der Waals surface area contributed by atoms with Crippen molar-refractivity contribution in [3.05, 3.63) is 46.9 Å². The van der Waals surface area contributed by atoms with Crippen LogP contribution in [-0.2, 0) is 5.54 Å². The lowest BCUT2D eigenvalue weighted by molar-refractivity contribution is 0.152. The number of benzene rings is 1. The van der Waals surface area contributed by atoms with Crippen LogP contribution in [-0.4, -0.2) is 21.8 Å². The molecule has 23 heavy (non-hydrogen) atoms. The number of nitrogens with zero attached hydrogens (tertiary/aromatic N) is 2. The summed E-state index contributed by atoms with van der Waals surface area (Å²) in [6.45, 7) is 3.94. The minimum atomic E-state index is -0.707. The molecule has 1 unspecified atom stereocenters. The fourth-order valence-electron chi connectivity index (χ4n) is 3.37. The Balaban J connectivity index is 1.74. The van der Waals surface area contributed by atoms with Crippen LogP contribution in [0.3, 0.4) is 0 Å². The third kappa shape index (κ3) is 3.28. The first-order valence-electron chi connectivity index (χ1n) is 8.00. The van der Waals surface area contributed by atoms with Gasteiger partial charge in [-0.3, -0.25) is 0 Å². The molecule has 0 aliphatic heterocycles. The maximum Gasteiger partial charge on any atom is 0.223 e. The molecule has 5 nitrogen and oxygen atoms in total. The van der Waals surface area contributed by atoms with Crippen molar-refractivity contribution in [2.24, 2.45) is 0 Å². The molecule has 6 heteroatoms. The van der Waals surface area contributed by atoms with Gasteiger partial charge in [0, 0.05) is 13.5 Å². The second-order valence-corrected chi connectivity index (χ2v) is 6.32. The lowest BCUT2D eigenvalue weighted by atomic mass is 9.95. The van der Waals surface area contributed by atoms with Gasteiger partial charge in [-0.05, 0) is 43.0 Å². The molecule has 1 aliphatic carbocycles. The van der Waals surface area contributed by atoms with Crippen molar-refractivity contribution < 1.29 is 14.0 Å². The molecular weight excluding hydrogens is 297 g/mol. The maximum atomic E-state index is 13.2. The molecule has 2 N–H and O–H groups in total. The van der Waals surface area contributed by atoms with E-state index < -0.39 is 6.10 Å². The van der Waals surface area contributed by atoms with E-state index in [0.717, 1.165) is 36.8 Å². The van der Waals surface area contributed by atoms with Crippen LogP contribution in [0.1, 0.15) is 54.6 Å². The first kappa shape index (κ1) is 16.1. The van der Waals surface area contributed by atoms with Crippen LogP contribution in [0.4, 0.5) is 4.39 Å². The van der Waals surface area contributed by atoms with Crippen molar-refractivity contribution >= 4 is 0 Å². The molecule has 1 aliphatic rings. The second kappa shape index (κ2) is 6.37. The number of hydrogen-bond donors (Lipinski definition) is 2. The lowest BCUT2D eigenvalue weighted by Gasteiger charge is -2.28. The highest BCUT2D eigenvalue weighted by molar-refractivity contribution is 5.28. The van der Waals surface area contributed by atoms with Gasteiger partial charge < -0.3 is 14.9 Å². The van der Waals surface area contributed by atoms with Crippen LogP contribution in [0, 0.1) is 19.7 Å². The van der Waals surface area contributed by atoms with E-state index in [0.29, 0.717) is 18.3 Å². The molecule has 0 amide bonds. The zero-order valence-corrected chi connectivity index (χ0v) is 13.5. The maximum absolute atomic E-state index is 13.2. The molecule has 124 valence electrons. The summed E-state index contributed by atoms with van der Waals surface area (Å²) in [5.74, 6) is 0.916. The summed E-state index contributed by atoms with van der Waals surface area (Å²) < 4.78 is 18.3. The summed E-state index contributed by atoms with van der Waals surface area (Å²) in [4.78, 5) is 4.37. The van der Waals surface area contributed by atoms with Gasteiger partial charge in [-0.1, -0.05) is 24.1 Å². The van der Waals surface area contributed by atoms with Gasteiger partial charge in [0.05, 0.1) is 11.6 Å². The molecule has 1 fully saturated rings. The third-order valence-electron chi connectivity index (χ3n) is 4.64. The van der Waals surface area contributed by atoms with Crippen molar-refractivity contribution in [1.29, 1.82) is 0 Å². The van der Waals surface area contributed by atoms with Crippen LogP contribution < -0.4 is 5.32 Å². The molecule has 1 atom stereocenters. The Morgan fingerprint density at radius 1 is 1.35 bits per heavy atom. The Morgan fingerprint density at radius 3 is 2.70 bits per heavy atom. The predicted molar refractivity (Wildman–Crippen MR) is 83.3 cm³/mol. The van der Waals surface area contributed by atoms with Crippen molar-refractivity contribution in [2.45, 2.75) is 51.2 Å². The quantitative estimate of drug-likeness (QED) is 0.886. The van der Waals surface area contributed by atoms with E-state index in [2.05, 4.69) is 15.5 Å². The molecule has 1 aromatic heterocycles. The van der Waals surface area contributed by atoms with E-state index in [9.17, 15) is 9.50 Å². The highest BCUT2D eigenvalue weighted by Gasteiger charge is 2.39. The van der Waals surface area contributed by atoms with Gasteiger partial charge in [0.2, 0.25) is 5.89 Å². The van der Waals surface area contributed by atoms with Crippen molar-refractivity contribution in [3.63, 3.8) is 0 Å². The van der Waals surface area contributed by atoms with Crippen LogP contribution in [0.25, 0.3) is 0 Å². The molecule has 2 aromatic rings. The Hall–Kier alpha value is -1.79. The van der Waals surface area contributed by atoms with Gasteiger partial charge >= 0.3 is 0 Å². The van der Waals surface area contributed by atoms with Crippen LogP contribution >= 0.6 is 0 Å². The lowest BCUT2D eigenvalue weighted by Crippen LogP contribution is -2.43. The number of aromatic nitrogens is 2. The van der Waals surface area contributed by atoms with E-state index in [1.54, 1.807) is 19.9 Å². The minimum absolute atomic E-state index is 0.291. The highest BCUT2D eigenvalue weighted by atomic mass is 19.1. The number of aliphatic hydroxyl groups is 1. The Labute approximate surface area is 134 Å². The molecule has 3 rings (SSSR count). The van der Waals surface area contributed by atoms with E-state index in [-0.39, 0.29) is 11.4 Å². The summed E-state index contributed by atoms with van der Waals surface area (Å²) in [6, 6.07) is 4.45. The van der Waals surface area contributed by atoms with E-state index in [4.69, 9.17) is 4.52 Å². The summed E-state index contributed by atoms with van der Waals surface area (Å²) in [6.07, 6.45) is 3.31. The Morgan fingerprint density at radius 2 is 2.09 bits per heavy atom. The SMILES string of the molecule is Cc1nc(C2(NCC(O)c3ccc(F)cc3C)CCCC2)no1. The van der Waals surface area contributed by atoms with Gasteiger partial charge in [-0.2, -0.15) is 4.98 Å². The third-order valence-corrected chi connectivity index (χ3v) is 4.64. The van der Waals surface area contributed by atoms with Gasteiger partial charge in [0.15, 0.2) is 5.82 Å². The average Bonchev–Trinajstić information content (AvgIpc) is 3.14. The van der Waals surface area contributed by atoms with E-state index >= 15 is 0 Å². The minimum Gasteiger partial charge on any atom is -0.387 e. The van der Waals surface area contributed by atoms with Crippen molar-refractivity contribution in [3.8, 4) is 0 Å². The molecule has 0 saturated heterocycles. The van der Waals surface area contributed by atoms with Crippen LogP contribution in [0.15, 0.2) is 22.7 Å². The summed E-state index contributed by atoms with van der Waals surface area (Å²) in [5.41, 5.74) is 1.14. The number of aliphatic hydroxyl groups excluding tert-OH is 1. The van der Waals surface area contributed by atoms with Gasteiger partial charge in [0.1, 0.15) is 5.82 Å². The standard InChI is InChI=1S/C17H22FN3O2/c1-11-9-13(18)5-6-14(11)15(22)10-19-17(7-3-4-8-17)16-20-12(2)23-21-16/h5-6,9,15,19,22H,3-4,7-8,10H2,1-2H3. The zero-order valence-electron chi connectivity index (χ0n) is 13.5. The van der Waals surface area contributed by atoms with Gasteiger partial charge in [-0.25, -0.2) is 4.39 Å². The topological polar surface area (TPSA) is 71.2 Å². The molecule has 0 spiro atoms. The summed E-state index contributed by atoms with van der Waals surface area (Å²) in [7, 11) is 0. The monoisotopic (exact) mass is 319 g/mol. The first-order valence-corrected chi connectivity index (χ1v) is 8.00. The number of halogens is 1. The molecule has 0 bridgehead atoms. The predicted octanol–water partition coefficient (Wildman–Crippen LogP) is 2.92. The van der Waals surface area contributed by atoms with Crippen molar-refractivity contribution in [1.82, 2.24) is 15.5 Å². The normalized spacial score (nSPS) is 18.3. The number of hydrogen-bond acceptors (Lipinski definition) is 5. The highest BCUT2D eigenvalue weighted by Crippen LogP contribution is 2.37. The number of rotatable bonds is 5. The van der Waals surface area contributed by atoms with Crippen LogP contribution in [0.5, 0.6) is 0 Å². The molecular formula is C17H22FN3O2. The smallest absolute Gasteiger partial charge is 0.223 e. The summed E-state index contributed by atoms with van der Waals surface area (Å²) >= 11 is 0. The molecule has 0 radical (unpaired) electrons. The fraction of sp³-hybridized carbons (Fsp3) is 0.529. The van der Waals surface area contributed by atoms with E-state index in [1.807, 2.05) is 0 Å². The number of aryl methyl sites for hydroxylation is 2. The molecule has 1 aromatic carbocycles. The Bertz CT molecular complexity index is 680. The van der Waals surface area contributed by atoms with E-state index in [1.165, 1.54) is 12.1 Å². The second-order valence-electron chi connectivity index (χ2n) is 6.32. The van der Waals surface area contributed by atoms with Crippen molar-refractivity contribution in [2.75, 3.05) is 6.54 Å². The summed E-state index contributed by atoms with van der Waals surface area (Å²) in [5, 5.41) is 18.0. The molecule has 1 saturated carbocycles. The zero-order chi connectivity index (χ0) is 16.4. The fourth-order valence-corrected chi connectivity index (χ4v) is 3.37. The van der Waals surface area contributed by atoms with Gasteiger partial charge in [0.25, 0.3) is 0 Å². The Kier molecular flexibility index (Phi) is 4.46. The number of nitrogens with one attached hydrogen (secondary N) is 1. The average molecular weight is 319 g/mol.